The van der Waals surface area contributed by atoms with Crippen molar-refractivity contribution >= 4 is 34.5 Å². The molecule has 3 rings (SSSR count). The molecule has 0 fully saturated rings. The molecule has 0 atom stereocenters. The van der Waals surface area contributed by atoms with Crippen molar-refractivity contribution in [2.24, 2.45) is 4.99 Å². The Morgan fingerprint density at radius 1 is 0.958 bits per heavy atom. The maximum atomic E-state index is 9.30. The summed E-state index contributed by atoms with van der Waals surface area (Å²) in [7, 11) is 0. The molecule has 1 N–H and O–H groups in total. The van der Waals surface area contributed by atoms with Gasteiger partial charge >= 0.3 is 0 Å². The van der Waals surface area contributed by atoms with Gasteiger partial charge in [-0.2, -0.15) is 0 Å². The number of rotatable bonds is 5. The number of aromatic hydroxyl groups is 1. The third-order valence-electron chi connectivity index (χ3n) is 3.35. The Bertz CT molecular complexity index is 830. The lowest BCUT2D eigenvalue weighted by atomic mass is 10.2. The van der Waals surface area contributed by atoms with Gasteiger partial charge in [0.2, 0.25) is 0 Å². The molecule has 24 heavy (non-hydrogen) atoms. The smallest absolute Gasteiger partial charge is 0.121 e. The first-order valence-corrected chi connectivity index (χ1v) is 8.57. The molecule has 0 bridgehead atoms. The zero-order chi connectivity index (χ0) is 16.8. The molecule has 0 aliphatic heterocycles. The van der Waals surface area contributed by atoms with Crippen molar-refractivity contribution in [1.29, 1.82) is 0 Å². The van der Waals surface area contributed by atoms with Crippen LogP contribution in [0, 0.1) is 3.57 Å². The number of aliphatic imine (C=N–C) groups is 1. The SMILES string of the molecule is Oc1ccc(/N=C/c2cc(I)cc(OCc3ccccc3)c2)cc1. The van der Waals surface area contributed by atoms with E-state index in [0.717, 1.165) is 26.1 Å². The minimum atomic E-state index is 0.236. The Kier molecular flexibility index (Phi) is 5.48. The van der Waals surface area contributed by atoms with Gasteiger partial charge in [0.05, 0.1) is 5.69 Å². The van der Waals surface area contributed by atoms with Crippen molar-refractivity contribution in [2.75, 3.05) is 0 Å². The monoisotopic (exact) mass is 429 g/mol. The second-order valence-electron chi connectivity index (χ2n) is 5.27. The van der Waals surface area contributed by atoms with E-state index in [1.807, 2.05) is 48.5 Å². The summed E-state index contributed by atoms with van der Waals surface area (Å²) in [6.45, 7) is 0.537. The Morgan fingerprint density at radius 2 is 1.71 bits per heavy atom. The summed E-state index contributed by atoms with van der Waals surface area (Å²) in [5.74, 6) is 1.05. The highest BCUT2D eigenvalue weighted by molar-refractivity contribution is 14.1. The molecule has 0 spiro atoms. The normalized spacial score (nSPS) is 10.9. The average molecular weight is 429 g/mol. The van der Waals surface area contributed by atoms with Crippen molar-refractivity contribution in [3.63, 3.8) is 0 Å². The van der Waals surface area contributed by atoms with E-state index in [2.05, 4.69) is 27.6 Å². The minimum absolute atomic E-state index is 0.236. The van der Waals surface area contributed by atoms with E-state index in [0.29, 0.717) is 6.61 Å². The number of benzene rings is 3. The first kappa shape index (κ1) is 16.5. The molecule has 0 aliphatic rings. The minimum Gasteiger partial charge on any atom is -0.508 e. The molecule has 3 aromatic carbocycles. The third-order valence-corrected chi connectivity index (χ3v) is 3.98. The van der Waals surface area contributed by atoms with E-state index in [4.69, 9.17) is 4.74 Å². The van der Waals surface area contributed by atoms with E-state index >= 15 is 0 Å². The number of hydrogen-bond donors (Lipinski definition) is 1. The van der Waals surface area contributed by atoms with Crippen molar-refractivity contribution in [2.45, 2.75) is 6.61 Å². The van der Waals surface area contributed by atoms with Crippen LogP contribution in [-0.2, 0) is 6.61 Å². The number of phenolic OH excluding ortho intramolecular Hbond substituents is 1. The summed E-state index contributed by atoms with van der Waals surface area (Å²) in [6.07, 6.45) is 1.80. The number of nitrogens with zero attached hydrogens (tertiary/aromatic N) is 1. The molecule has 0 aliphatic carbocycles. The van der Waals surface area contributed by atoms with Gasteiger partial charge in [-0.3, -0.25) is 4.99 Å². The number of ether oxygens (including phenoxy) is 1. The summed E-state index contributed by atoms with van der Waals surface area (Å²) in [5, 5.41) is 9.30. The summed E-state index contributed by atoms with van der Waals surface area (Å²) in [4.78, 5) is 4.42. The van der Waals surface area contributed by atoms with Crippen LogP contribution in [0.2, 0.25) is 0 Å². The second-order valence-corrected chi connectivity index (χ2v) is 6.51. The lowest BCUT2D eigenvalue weighted by Gasteiger charge is -2.08. The standard InChI is InChI=1S/C20H16INO2/c21-17-10-16(13-22-18-6-8-19(23)9-7-18)11-20(12-17)24-14-15-4-2-1-3-5-15/h1-13,23H,14H2/b22-13+. The van der Waals surface area contributed by atoms with Crippen LogP contribution in [0.5, 0.6) is 11.5 Å². The molecule has 0 saturated carbocycles. The van der Waals surface area contributed by atoms with Crippen LogP contribution < -0.4 is 4.74 Å². The van der Waals surface area contributed by atoms with Crippen LogP contribution in [-0.4, -0.2) is 11.3 Å². The summed E-state index contributed by atoms with van der Waals surface area (Å²) >= 11 is 2.27. The summed E-state index contributed by atoms with van der Waals surface area (Å²) in [6, 6.07) is 22.9. The van der Waals surface area contributed by atoms with Crippen LogP contribution in [0.1, 0.15) is 11.1 Å². The van der Waals surface area contributed by atoms with Crippen LogP contribution in [0.15, 0.2) is 77.8 Å². The van der Waals surface area contributed by atoms with Crippen LogP contribution in [0.25, 0.3) is 0 Å². The van der Waals surface area contributed by atoms with E-state index in [1.54, 1.807) is 30.5 Å². The maximum Gasteiger partial charge on any atom is 0.121 e. The number of hydrogen-bond acceptors (Lipinski definition) is 3. The quantitative estimate of drug-likeness (QED) is 0.440. The molecular weight excluding hydrogens is 413 g/mol. The van der Waals surface area contributed by atoms with Gasteiger partial charge in [0.25, 0.3) is 0 Å². The molecule has 0 unspecified atom stereocenters. The molecule has 0 amide bonds. The van der Waals surface area contributed by atoms with Crippen LogP contribution in [0.3, 0.4) is 0 Å². The second kappa shape index (κ2) is 7.97. The Balaban J connectivity index is 1.72. The lowest BCUT2D eigenvalue weighted by molar-refractivity contribution is 0.306. The predicted octanol–water partition coefficient (Wildman–Crippen LogP) is 5.33. The van der Waals surface area contributed by atoms with E-state index < -0.39 is 0 Å². The summed E-state index contributed by atoms with van der Waals surface area (Å²) in [5.41, 5.74) is 2.90. The number of phenols is 1. The van der Waals surface area contributed by atoms with E-state index in [-0.39, 0.29) is 5.75 Å². The highest BCUT2D eigenvalue weighted by Gasteiger charge is 2.00. The Hall–Kier alpha value is -2.34. The van der Waals surface area contributed by atoms with E-state index in [1.165, 1.54) is 0 Å². The van der Waals surface area contributed by atoms with Gasteiger partial charge < -0.3 is 9.84 Å². The number of halogens is 1. The van der Waals surface area contributed by atoms with Gasteiger partial charge in [-0.25, -0.2) is 0 Å². The fraction of sp³-hybridized carbons (Fsp3) is 0.0500. The zero-order valence-corrected chi connectivity index (χ0v) is 15.1. The molecule has 120 valence electrons. The third kappa shape index (κ3) is 4.83. The molecule has 0 saturated heterocycles. The molecule has 4 heteroatoms. The molecular formula is C20H16INO2. The van der Waals surface area contributed by atoms with Gasteiger partial charge in [-0.15, -0.1) is 0 Å². The van der Waals surface area contributed by atoms with Gasteiger partial charge in [-0.05, 0) is 76.2 Å². The van der Waals surface area contributed by atoms with Crippen molar-refractivity contribution in [3.05, 3.63) is 87.5 Å². The largest absolute Gasteiger partial charge is 0.508 e. The molecule has 0 heterocycles. The Morgan fingerprint density at radius 3 is 2.46 bits per heavy atom. The van der Waals surface area contributed by atoms with Crippen LogP contribution in [0.4, 0.5) is 5.69 Å². The first-order valence-electron chi connectivity index (χ1n) is 7.49. The van der Waals surface area contributed by atoms with Gasteiger partial charge in [0.15, 0.2) is 0 Å². The zero-order valence-electron chi connectivity index (χ0n) is 12.9. The topological polar surface area (TPSA) is 41.8 Å². The molecule has 3 aromatic rings. The highest BCUT2D eigenvalue weighted by Crippen LogP contribution is 2.21. The molecule has 3 nitrogen and oxygen atoms in total. The van der Waals surface area contributed by atoms with Crippen molar-refractivity contribution in [1.82, 2.24) is 0 Å². The molecule has 0 aromatic heterocycles. The first-order chi connectivity index (χ1) is 11.7. The van der Waals surface area contributed by atoms with Gasteiger partial charge in [0, 0.05) is 9.78 Å². The highest BCUT2D eigenvalue weighted by atomic mass is 127. The van der Waals surface area contributed by atoms with Crippen molar-refractivity contribution in [3.8, 4) is 11.5 Å². The van der Waals surface area contributed by atoms with Gasteiger partial charge in [0.1, 0.15) is 18.1 Å². The summed E-state index contributed by atoms with van der Waals surface area (Å²) < 4.78 is 6.97. The molecule has 0 radical (unpaired) electrons. The van der Waals surface area contributed by atoms with Crippen molar-refractivity contribution < 1.29 is 9.84 Å². The fourth-order valence-corrected chi connectivity index (χ4v) is 2.84. The average Bonchev–Trinajstić information content (AvgIpc) is 2.60. The maximum absolute atomic E-state index is 9.30. The Labute approximate surface area is 154 Å². The fourth-order valence-electron chi connectivity index (χ4n) is 2.17. The predicted molar refractivity (Wildman–Crippen MR) is 105 cm³/mol. The van der Waals surface area contributed by atoms with Crippen LogP contribution >= 0.6 is 22.6 Å². The van der Waals surface area contributed by atoms with Gasteiger partial charge in [-0.1, -0.05) is 30.3 Å². The van der Waals surface area contributed by atoms with E-state index in [9.17, 15) is 5.11 Å². The lowest BCUT2D eigenvalue weighted by Crippen LogP contribution is -1.96.